The van der Waals surface area contributed by atoms with Crippen molar-refractivity contribution in [3.05, 3.63) is 36.0 Å². The highest BCUT2D eigenvalue weighted by Gasteiger charge is 2.18. The van der Waals surface area contributed by atoms with Crippen LogP contribution in [0.1, 0.15) is 5.56 Å². The molecule has 1 aromatic heterocycles. The minimum absolute atomic E-state index is 0.0165. The lowest BCUT2D eigenvalue weighted by Crippen LogP contribution is -2.45. The number of fused-ring (bicyclic) bond motifs is 1. The predicted molar refractivity (Wildman–Crippen MR) is 82.4 cm³/mol. The van der Waals surface area contributed by atoms with E-state index in [2.05, 4.69) is 10.3 Å². The zero-order valence-electron chi connectivity index (χ0n) is 12.3. The summed E-state index contributed by atoms with van der Waals surface area (Å²) in [5.74, 6) is -0.0532. The summed E-state index contributed by atoms with van der Waals surface area (Å²) in [7, 11) is 0. The normalized spacial score (nSPS) is 15.3. The standard InChI is InChI=1S/C16H19N3O3/c20-15(17-5-6-19-7-8-22-11-16(19)21)9-12-10-18-14-4-2-1-3-13(12)14/h1-4,10,18H,5-9,11H2,(H,17,20). The number of carbonyl (C=O) groups is 2. The molecule has 116 valence electrons. The van der Waals surface area contributed by atoms with E-state index in [-0.39, 0.29) is 18.4 Å². The summed E-state index contributed by atoms with van der Waals surface area (Å²) in [6.45, 7) is 2.30. The van der Waals surface area contributed by atoms with Crippen molar-refractivity contribution < 1.29 is 14.3 Å². The first-order valence-electron chi connectivity index (χ1n) is 7.41. The SMILES string of the molecule is O=C(Cc1c[nH]c2ccccc12)NCCN1CCOCC1=O. The van der Waals surface area contributed by atoms with Crippen LogP contribution in [-0.2, 0) is 20.7 Å². The van der Waals surface area contributed by atoms with E-state index in [9.17, 15) is 9.59 Å². The van der Waals surface area contributed by atoms with Crippen LogP contribution in [0, 0.1) is 0 Å². The van der Waals surface area contributed by atoms with Gasteiger partial charge in [-0.15, -0.1) is 0 Å². The third-order valence-electron chi connectivity index (χ3n) is 3.81. The van der Waals surface area contributed by atoms with Gasteiger partial charge in [0.15, 0.2) is 0 Å². The molecule has 1 aromatic carbocycles. The molecule has 1 aliphatic heterocycles. The first-order chi connectivity index (χ1) is 10.7. The van der Waals surface area contributed by atoms with E-state index < -0.39 is 0 Å². The Hall–Kier alpha value is -2.34. The molecule has 0 radical (unpaired) electrons. The third kappa shape index (κ3) is 3.28. The van der Waals surface area contributed by atoms with Crippen molar-refractivity contribution in [2.75, 3.05) is 32.8 Å². The number of nitrogens with zero attached hydrogens (tertiary/aromatic N) is 1. The second kappa shape index (κ2) is 6.62. The summed E-state index contributed by atoms with van der Waals surface area (Å²) in [4.78, 5) is 28.5. The molecular formula is C16H19N3O3. The molecule has 0 atom stereocenters. The smallest absolute Gasteiger partial charge is 0.248 e. The number of para-hydroxylation sites is 1. The number of benzene rings is 1. The van der Waals surface area contributed by atoms with Gasteiger partial charge in [-0.25, -0.2) is 0 Å². The third-order valence-corrected chi connectivity index (χ3v) is 3.81. The fourth-order valence-electron chi connectivity index (χ4n) is 2.63. The number of rotatable bonds is 5. The van der Waals surface area contributed by atoms with Crippen molar-refractivity contribution >= 4 is 22.7 Å². The van der Waals surface area contributed by atoms with Crippen LogP contribution in [0.5, 0.6) is 0 Å². The van der Waals surface area contributed by atoms with Crippen LogP contribution in [0.2, 0.25) is 0 Å². The first-order valence-corrected chi connectivity index (χ1v) is 7.41. The Bertz CT molecular complexity index is 680. The van der Waals surface area contributed by atoms with Gasteiger partial charge in [0.05, 0.1) is 13.0 Å². The van der Waals surface area contributed by atoms with Crippen LogP contribution >= 0.6 is 0 Å². The molecular weight excluding hydrogens is 282 g/mol. The van der Waals surface area contributed by atoms with Crippen LogP contribution in [-0.4, -0.2) is 54.5 Å². The molecule has 3 rings (SSSR count). The van der Waals surface area contributed by atoms with Gasteiger partial charge in [-0.05, 0) is 11.6 Å². The summed E-state index contributed by atoms with van der Waals surface area (Å²) in [5.41, 5.74) is 2.01. The van der Waals surface area contributed by atoms with Gasteiger partial charge in [0.25, 0.3) is 0 Å². The number of aromatic nitrogens is 1. The van der Waals surface area contributed by atoms with E-state index in [1.54, 1.807) is 4.90 Å². The Morgan fingerprint density at radius 2 is 2.23 bits per heavy atom. The molecule has 2 aromatic rings. The van der Waals surface area contributed by atoms with E-state index in [0.29, 0.717) is 32.7 Å². The predicted octanol–water partition coefficient (Wildman–Crippen LogP) is 0.685. The lowest BCUT2D eigenvalue weighted by atomic mass is 10.1. The van der Waals surface area contributed by atoms with Crippen LogP contribution in [0.25, 0.3) is 10.9 Å². The molecule has 0 aliphatic carbocycles. The molecule has 2 heterocycles. The van der Waals surface area contributed by atoms with Crippen molar-refractivity contribution in [2.45, 2.75) is 6.42 Å². The zero-order chi connectivity index (χ0) is 15.4. The minimum atomic E-state index is -0.0366. The van der Waals surface area contributed by atoms with Crippen LogP contribution < -0.4 is 5.32 Å². The fraction of sp³-hybridized carbons (Fsp3) is 0.375. The van der Waals surface area contributed by atoms with Gasteiger partial charge in [0.2, 0.25) is 11.8 Å². The van der Waals surface area contributed by atoms with Gasteiger partial charge in [0.1, 0.15) is 6.61 Å². The number of nitrogens with one attached hydrogen (secondary N) is 2. The molecule has 6 nitrogen and oxygen atoms in total. The number of morpholine rings is 1. The Kier molecular flexibility index (Phi) is 4.39. The minimum Gasteiger partial charge on any atom is -0.370 e. The van der Waals surface area contributed by atoms with Crippen molar-refractivity contribution in [3.63, 3.8) is 0 Å². The number of H-pyrrole nitrogens is 1. The van der Waals surface area contributed by atoms with Gasteiger partial charge in [-0.3, -0.25) is 9.59 Å². The van der Waals surface area contributed by atoms with Crippen molar-refractivity contribution in [3.8, 4) is 0 Å². The van der Waals surface area contributed by atoms with Crippen LogP contribution in [0.3, 0.4) is 0 Å². The molecule has 1 fully saturated rings. The van der Waals surface area contributed by atoms with E-state index in [1.807, 2.05) is 30.5 Å². The molecule has 1 aliphatic rings. The maximum atomic E-state index is 12.0. The number of ether oxygens (including phenoxy) is 1. The monoisotopic (exact) mass is 301 g/mol. The fourth-order valence-corrected chi connectivity index (χ4v) is 2.63. The van der Waals surface area contributed by atoms with E-state index in [4.69, 9.17) is 4.74 Å². The molecule has 6 heteroatoms. The summed E-state index contributed by atoms with van der Waals surface area (Å²) in [5, 5.41) is 3.94. The van der Waals surface area contributed by atoms with Gasteiger partial charge in [-0.1, -0.05) is 18.2 Å². The van der Waals surface area contributed by atoms with Crippen LogP contribution in [0.4, 0.5) is 0 Å². The molecule has 2 amide bonds. The van der Waals surface area contributed by atoms with Crippen LogP contribution in [0.15, 0.2) is 30.5 Å². The number of carbonyl (C=O) groups excluding carboxylic acids is 2. The summed E-state index contributed by atoms with van der Waals surface area (Å²) < 4.78 is 5.07. The van der Waals surface area contributed by atoms with E-state index >= 15 is 0 Å². The number of amides is 2. The second-order valence-corrected chi connectivity index (χ2v) is 5.32. The lowest BCUT2D eigenvalue weighted by Gasteiger charge is -2.26. The van der Waals surface area contributed by atoms with Gasteiger partial charge < -0.3 is 19.9 Å². The maximum absolute atomic E-state index is 12.0. The second-order valence-electron chi connectivity index (χ2n) is 5.32. The van der Waals surface area contributed by atoms with Crippen molar-refractivity contribution in [2.24, 2.45) is 0 Å². The molecule has 22 heavy (non-hydrogen) atoms. The van der Waals surface area contributed by atoms with Gasteiger partial charge in [-0.2, -0.15) is 0 Å². The average Bonchev–Trinajstić information content (AvgIpc) is 2.92. The highest BCUT2D eigenvalue weighted by molar-refractivity contribution is 5.88. The molecule has 0 saturated carbocycles. The van der Waals surface area contributed by atoms with E-state index in [0.717, 1.165) is 16.5 Å². The van der Waals surface area contributed by atoms with Gasteiger partial charge >= 0.3 is 0 Å². The quantitative estimate of drug-likeness (QED) is 0.853. The Morgan fingerprint density at radius 1 is 1.36 bits per heavy atom. The Morgan fingerprint density at radius 3 is 3.09 bits per heavy atom. The lowest BCUT2D eigenvalue weighted by molar-refractivity contribution is -0.142. The molecule has 0 bridgehead atoms. The van der Waals surface area contributed by atoms with Gasteiger partial charge in [0, 0.05) is 36.7 Å². The molecule has 0 spiro atoms. The molecule has 1 saturated heterocycles. The number of aromatic amines is 1. The highest BCUT2D eigenvalue weighted by Crippen LogP contribution is 2.17. The molecule has 2 N–H and O–H groups in total. The number of hydrogen-bond acceptors (Lipinski definition) is 3. The zero-order valence-corrected chi connectivity index (χ0v) is 12.3. The number of hydrogen-bond donors (Lipinski definition) is 2. The van der Waals surface area contributed by atoms with Crippen molar-refractivity contribution in [1.29, 1.82) is 0 Å². The van der Waals surface area contributed by atoms with E-state index in [1.165, 1.54) is 0 Å². The Labute approximate surface area is 128 Å². The summed E-state index contributed by atoms with van der Waals surface area (Å²) >= 11 is 0. The first kappa shape index (κ1) is 14.6. The molecule has 0 unspecified atom stereocenters. The topological polar surface area (TPSA) is 74.4 Å². The van der Waals surface area contributed by atoms with Crippen molar-refractivity contribution in [1.82, 2.24) is 15.2 Å². The maximum Gasteiger partial charge on any atom is 0.248 e. The average molecular weight is 301 g/mol. The Balaban J connectivity index is 1.49. The highest BCUT2D eigenvalue weighted by atomic mass is 16.5. The summed E-state index contributed by atoms with van der Waals surface area (Å²) in [6.07, 6.45) is 2.21. The largest absolute Gasteiger partial charge is 0.370 e. The summed E-state index contributed by atoms with van der Waals surface area (Å²) in [6, 6.07) is 7.91.